The van der Waals surface area contributed by atoms with E-state index in [0.29, 0.717) is 0 Å². The lowest BCUT2D eigenvalue weighted by Crippen LogP contribution is -2.34. The van der Waals surface area contributed by atoms with Crippen LogP contribution in [0.4, 0.5) is 0 Å². The number of aliphatic hydroxyl groups excluding tert-OH is 1. The number of hydrogen-bond donors (Lipinski definition) is 3. The number of halogens is 1. The standard InChI is InChI=1S/C5H10ClNO3/c6-2-3(8)1-4(7)5(9)10/h3-4,8H,1-2,7H2,(H,9,10). The van der Waals surface area contributed by atoms with Gasteiger partial charge in [-0.05, 0) is 0 Å². The molecule has 4 nitrogen and oxygen atoms in total. The van der Waals surface area contributed by atoms with Crippen LogP contribution in [0.15, 0.2) is 0 Å². The lowest BCUT2D eigenvalue weighted by atomic mass is 10.1. The van der Waals surface area contributed by atoms with Gasteiger partial charge in [0, 0.05) is 12.3 Å². The number of carbonyl (C=O) groups is 1. The molecule has 0 saturated carbocycles. The summed E-state index contributed by atoms with van der Waals surface area (Å²) in [6, 6.07) is -1.02. The second-order valence-electron chi connectivity index (χ2n) is 1.99. The van der Waals surface area contributed by atoms with Crippen LogP contribution in [0.3, 0.4) is 0 Å². The molecule has 0 fully saturated rings. The van der Waals surface area contributed by atoms with E-state index in [9.17, 15) is 4.79 Å². The molecule has 10 heavy (non-hydrogen) atoms. The van der Waals surface area contributed by atoms with Crippen LogP contribution >= 0.6 is 11.6 Å². The van der Waals surface area contributed by atoms with E-state index < -0.39 is 18.1 Å². The number of aliphatic carboxylic acids is 1. The molecule has 0 rings (SSSR count). The summed E-state index contributed by atoms with van der Waals surface area (Å²) in [5.41, 5.74) is 5.07. The maximum Gasteiger partial charge on any atom is 0.320 e. The number of aliphatic hydroxyl groups is 1. The van der Waals surface area contributed by atoms with Gasteiger partial charge < -0.3 is 15.9 Å². The van der Waals surface area contributed by atoms with Crippen molar-refractivity contribution in [3.63, 3.8) is 0 Å². The average Bonchev–Trinajstić information content (AvgIpc) is 1.87. The minimum Gasteiger partial charge on any atom is -0.480 e. The predicted octanol–water partition coefficient (Wildman–Crippen LogP) is -0.612. The molecule has 0 aliphatic rings. The smallest absolute Gasteiger partial charge is 0.320 e. The Kier molecular flexibility index (Phi) is 4.34. The summed E-state index contributed by atoms with van der Waals surface area (Å²) in [5, 5.41) is 17.0. The molecule has 0 amide bonds. The lowest BCUT2D eigenvalue weighted by Gasteiger charge is -2.09. The number of rotatable bonds is 4. The first-order valence-corrected chi connectivity index (χ1v) is 3.33. The summed E-state index contributed by atoms with van der Waals surface area (Å²) in [6.45, 7) is 0. The van der Waals surface area contributed by atoms with Crippen molar-refractivity contribution in [2.45, 2.75) is 18.6 Å². The van der Waals surface area contributed by atoms with Crippen LogP contribution in [-0.4, -0.2) is 34.2 Å². The lowest BCUT2D eigenvalue weighted by molar-refractivity contribution is -0.139. The zero-order valence-corrected chi connectivity index (χ0v) is 6.08. The first-order chi connectivity index (χ1) is 4.57. The van der Waals surface area contributed by atoms with Crippen LogP contribution in [0.25, 0.3) is 0 Å². The zero-order valence-electron chi connectivity index (χ0n) is 5.33. The van der Waals surface area contributed by atoms with Crippen molar-refractivity contribution >= 4 is 17.6 Å². The molecule has 2 unspecified atom stereocenters. The molecular formula is C5H10ClNO3. The van der Waals surface area contributed by atoms with Gasteiger partial charge in [-0.2, -0.15) is 0 Å². The molecule has 0 aliphatic heterocycles. The number of hydrogen-bond acceptors (Lipinski definition) is 3. The number of carboxylic acid groups (broad SMARTS) is 1. The van der Waals surface area contributed by atoms with Gasteiger partial charge in [0.05, 0.1) is 6.10 Å². The van der Waals surface area contributed by atoms with Gasteiger partial charge in [-0.3, -0.25) is 4.79 Å². The van der Waals surface area contributed by atoms with Gasteiger partial charge in [-0.1, -0.05) is 0 Å². The van der Waals surface area contributed by atoms with E-state index in [2.05, 4.69) is 0 Å². The van der Waals surface area contributed by atoms with E-state index in [-0.39, 0.29) is 12.3 Å². The second kappa shape index (κ2) is 4.49. The molecule has 0 bridgehead atoms. The predicted molar refractivity (Wildman–Crippen MR) is 37.0 cm³/mol. The monoisotopic (exact) mass is 167 g/mol. The third-order valence-electron chi connectivity index (χ3n) is 1.02. The van der Waals surface area contributed by atoms with Crippen molar-refractivity contribution < 1.29 is 15.0 Å². The average molecular weight is 168 g/mol. The van der Waals surface area contributed by atoms with Gasteiger partial charge >= 0.3 is 5.97 Å². The molecule has 0 heterocycles. The molecule has 0 aromatic heterocycles. The summed E-state index contributed by atoms with van der Waals surface area (Å²) in [4.78, 5) is 10.1. The summed E-state index contributed by atoms with van der Waals surface area (Å²) in [5.74, 6) is -1.11. The molecule has 0 aromatic carbocycles. The maximum absolute atomic E-state index is 10.1. The number of carboxylic acids is 1. The van der Waals surface area contributed by atoms with Gasteiger partial charge in [0.25, 0.3) is 0 Å². The highest BCUT2D eigenvalue weighted by molar-refractivity contribution is 6.18. The van der Waals surface area contributed by atoms with Crippen LogP contribution in [0.1, 0.15) is 6.42 Å². The van der Waals surface area contributed by atoms with Gasteiger partial charge in [0.2, 0.25) is 0 Å². The van der Waals surface area contributed by atoms with Crippen LogP contribution in [-0.2, 0) is 4.79 Å². The van der Waals surface area contributed by atoms with Gasteiger partial charge in [0.1, 0.15) is 6.04 Å². The minimum atomic E-state index is -1.12. The topological polar surface area (TPSA) is 83.5 Å². The number of alkyl halides is 1. The summed E-state index contributed by atoms with van der Waals surface area (Å²) < 4.78 is 0. The normalized spacial score (nSPS) is 16.3. The molecule has 4 N–H and O–H groups in total. The molecule has 0 aliphatic carbocycles. The van der Waals surface area contributed by atoms with Gasteiger partial charge in [-0.15, -0.1) is 11.6 Å². The van der Waals surface area contributed by atoms with E-state index in [1.807, 2.05) is 0 Å². The zero-order chi connectivity index (χ0) is 8.15. The molecule has 0 saturated heterocycles. The van der Waals surface area contributed by atoms with Gasteiger partial charge in [0.15, 0.2) is 0 Å². The molecule has 0 aromatic rings. The fourth-order valence-corrected chi connectivity index (χ4v) is 0.583. The molecule has 60 valence electrons. The Balaban J connectivity index is 3.56. The molecule has 2 atom stereocenters. The minimum absolute atomic E-state index is 0.00116. The van der Waals surface area contributed by atoms with E-state index >= 15 is 0 Å². The Bertz CT molecular complexity index is 119. The fraction of sp³-hybridized carbons (Fsp3) is 0.800. The Morgan fingerprint density at radius 1 is 1.70 bits per heavy atom. The van der Waals surface area contributed by atoms with Crippen LogP contribution in [0.5, 0.6) is 0 Å². The van der Waals surface area contributed by atoms with Crippen molar-refractivity contribution in [3.05, 3.63) is 0 Å². The van der Waals surface area contributed by atoms with Crippen LogP contribution in [0.2, 0.25) is 0 Å². The fourth-order valence-electron chi connectivity index (χ4n) is 0.457. The highest BCUT2D eigenvalue weighted by Crippen LogP contribution is 1.97. The summed E-state index contributed by atoms with van der Waals surface area (Å²) in [6.07, 6.45) is -0.827. The Hall–Kier alpha value is -0.320. The molecule has 5 heteroatoms. The second-order valence-corrected chi connectivity index (χ2v) is 2.30. The third kappa shape index (κ3) is 3.66. The van der Waals surface area contributed by atoms with E-state index in [1.54, 1.807) is 0 Å². The van der Waals surface area contributed by atoms with Crippen molar-refractivity contribution in [1.82, 2.24) is 0 Å². The van der Waals surface area contributed by atoms with E-state index in [4.69, 9.17) is 27.5 Å². The first kappa shape index (κ1) is 9.68. The van der Waals surface area contributed by atoms with Crippen molar-refractivity contribution in [2.24, 2.45) is 5.73 Å². The SMILES string of the molecule is NC(CC(O)CCl)C(=O)O. The van der Waals surface area contributed by atoms with Crippen molar-refractivity contribution in [3.8, 4) is 0 Å². The van der Waals surface area contributed by atoms with Crippen LogP contribution in [0, 0.1) is 0 Å². The molecular weight excluding hydrogens is 158 g/mol. The largest absolute Gasteiger partial charge is 0.480 e. The molecule has 0 spiro atoms. The van der Waals surface area contributed by atoms with Crippen LogP contribution < -0.4 is 5.73 Å². The van der Waals surface area contributed by atoms with Crippen molar-refractivity contribution in [1.29, 1.82) is 0 Å². The Morgan fingerprint density at radius 3 is 2.50 bits per heavy atom. The Labute approximate surface area is 63.6 Å². The summed E-state index contributed by atoms with van der Waals surface area (Å²) in [7, 11) is 0. The third-order valence-corrected chi connectivity index (χ3v) is 1.38. The highest BCUT2D eigenvalue weighted by atomic mass is 35.5. The highest BCUT2D eigenvalue weighted by Gasteiger charge is 2.15. The summed E-state index contributed by atoms with van der Waals surface area (Å²) >= 11 is 5.20. The quantitative estimate of drug-likeness (QED) is 0.488. The number of nitrogens with two attached hydrogens (primary N) is 1. The van der Waals surface area contributed by atoms with Gasteiger partial charge in [-0.25, -0.2) is 0 Å². The van der Waals surface area contributed by atoms with E-state index in [0.717, 1.165) is 0 Å². The Morgan fingerprint density at radius 2 is 2.20 bits per heavy atom. The maximum atomic E-state index is 10.1. The molecule has 0 radical (unpaired) electrons. The van der Waals surface area contributed by atoms with Crippen molar-refractivity contribution in [2.75, 3.05) is 5.88 Å². The van der Waals surface area contributed by atoms with E-state index in [1.165, 1.54) is 0 Å². The first-order valence-electron chi connectivity index (χ1n) is 2.80.